The van der Waals surface area contributed by atoms with E-state index in [2.05, 4.69) is 50.3 Å². The Morgan fingerprint density at radius 2 is 1.27 bits per heavy atom. The number of allylic oxidation sites excluding steroid dienone is 8. The summed E-state index contributed by atoms with van der Waals surface area (Å²) in [7, 11) is 0. The zero-order valence-electron chi connectivity index (χ0n) is 9.65. The summed E-state index contributed by atoms with van der Waals surface area (Å²) in [4.78, 5) is 0. The molecule has 0 saturated heterocycles. The Morgan fingerprint density at radius 3 is 1.40 bits per heavy atom. The van der Waals surface area contributed by atoms with E-state index in [-0.39, 0.29) is 17.1 Å². The largest absolute Gasteiger partial charge is 0.0805 e. The van der Waals surface area contributed by atoms with Gasteiger partial charge in [-0.25, -0.2) is 0 Å². The van der Waals surface area contributed by atoms with Gasteiger partial charge in [-0.15, -0.1) is 0 Å². The van der Waals surface area contributed by atoms with Crippen molar-refractivity contribution in [2.24, 2.45) is 0 Å². The molecule has 1 heteroatoms. The van der Waals surface area contributed by atoms with E-state index < -0.39 is 0 Å². The van der Waals surface area contributed by atoms with E-state index >= 15 is 0 Å². The van der Waals surface area contributed by atoms with E-state index in [1.807, 2.05) is 0 Å². The van der Waals surface area contributed by atoms with Crippen LogP contribution in [0.2, 0.25) is 0 Å². The molecule has 0 spiro atoms. The maximum Gasteiger partial charge on any atom is 0 e. The molecule has 2 aliphatic carbocycles. The maximum atomic E-state index is 2.19. The molecule has 0 fully saturated rings. The van der Waals surface area contributed by atoms with Crippen molar-refractivity contribution in [3.05, 3.63) is 47.6 Å². The van der Waals surface area contributed by atoms with Crippen LogP contribution in [0.1, 0.15) is 39.5 Å². The van der Waals surface area contributed by atoms with Crippen LogP contribution in [-0.2, 0) is 17.1 Å². The zero-order chi connectivity index (χ0) is 10.2. The van der Waals surface area contributed by atoms with Crippen molar-refractivity contribution in [1.82, 2.24) is 0 Å². The monoisotopic (exact) mass is 244 g/mol. The van der Waals surface area contributed by atoms with Gasteiger partial charge in [0.05, 0.1) is 0 Å². The molecule has 0 nitrogen and oxygen atoms in total. The third kappa shape index (κ3) is 5.81. The summed E-state index contributed by atoms with van der Waals surface area (Å²) in [5, 5.41) is 0. The Labute approximate surface area is 104 Å². The summed E-state index contributed by atoms with van der Waals surface area (Å²) in [6, 6.07) is 0. The molecule has 0 radical (unpaired) electrons. The van der Waals surface area contributed by atoms with Gasteiger partial charge in [-0.3, -0.25) is 0 Å². The van der Waals surface area contributed by atoms with E-state index in [1.54, 1.807) is 11.1 Å². The molecule has 84 valence electrons. The van der Waals surface area contributed by atoms with E-state index in [9.17, 15) is 0 Å². The standard InChI is InChI=1S/2C7H10.Fe/c2*1-2-7-5-3-4-6-7;/h2*3-5H,2,6H2,1H3;. The second kappa shape index (κ2) is 8.76. The quantitative estimate of drug-likeness (QED) is 0.624. The minimum atomic E-state index is 0. The summed E-state index contributed by atoms with van der Waals surface area (Å²) in [6.45, 7) is 4.39. The predicted octanol–water partition coefficient (Wildman–Crippen LogP) is 4.56. The molecule has 0 aromatic rings. The van der Waals surface area contributed by atoms with E-state index in [0.29, 0.717) is 0 Å². The molecule has 0 unspecified atom stereocenters. The van der Waals surface area contributed by atoms with E-state index in [4.69, 9.17) is 0 Å². The Hall–Kier alpha value is -0.521. The fourth-order valence-electron chi connectivity index (χ4n) is 1.51. The van der Waals surface area contributed by atoms with Gasteiger partial charge in [-0.1, -0.05) is 61.4 Å². The topological polar surface area (TPSA) is 0 Å². The Kier molecular flexibility index (Phi) is 8.46. The van der Waals surface area contributed by atoms with Crippen LogP contribution in [0.3, 0.4) is 0 Å². The molecule has 0 aliphatic heterocycles. The van der Waals surface area contributed by atoms with Gasteiger partial charge in [0, 0.05) is 17.1 Å². The van der Waals surface area contributed by atoms with Gasteiger partial charge in [-0.05, 0) is 25.7 Å². The van der Waals surface area contributed by atoms with Crippen molar-refractivity contribution in [3.63, 3.8) is 0 Å². The van der Waals surface area contributed by atoms with Crippen LogP contribution in [0, 0.1) is 0 Å². The van der Waals surface area contributed by atoms with Crippen molar-refractivity contribution in [2.45, 2.75) is 39.5 Å². The molecule has 15 heavy (non-hydrogen) atoms. The Balaban J connectivity index is 0.000000245. The Bertz CT molecular complexity index is 250. The van der Waals surface area contributed by atoms with Gasteiger partial charge in [0.15, 0.2) is 0 Å². The van der Waals surface area contributed by atoms with Gasteiger partial charge in [0.25, 0.3) is 0 Å². The normalized spacial score (nSPS) is 16.4. The van der Waals surface area contributed by atoms with Crippen molar-refractivity contribution in [1.29, 1.82) is 0 Å². The van der Waals surface area contributed by atoms with Gasteiger partial charge in [0.1, 0.15) is 0 Å². The number of hydrogen-bond donors (Lipinski definition) is 0. The van der Waals surface area contributed by atoms with Gasteiger partial charge < -0.3 is 0 Å². The number of rotatable bonds is 2. The van der Waals surface area contributed by atoms with Crippen LogP contribution in [0.25, 0.3) is 0 Å². The molecule has 0 atom stereocenters. The fraction of sp³-hybridized carbons (Fsp3) is 0.429. The average Bonchev–Trinajstić information content (AvgIpc) is 2.92. The first kappa shape index (κ1) is 14.5. The molecular formula is C14H20Fe. The second-order valence-electron chi connectivity index (χ2n) is 3.62. The SMILES string of the molecule is CCC1=CC=CC1.CCC1=CC=CC1.[Fe]. The smallest absolute Gasteiger partial charge is 0 e. The molecule has 2 rings (SSSR count). The zero-order valence-corrected chi connectivity index (χ0v) is 10.8. The van der Waals surface area contributed by atoms with Crippen LogP contribution in [-0.4, -0.2) is 0 Å². The first-order chi connectivity index (χ1) is 6.86. The third-order valence-electron chi connectivity index (χ3n) is 2.60. The van der Waals surface area contributed by atoms with E-state index in [0.717, 1.165) is 0 Å². The summed E-state index contributed by atoms with van der Waals surface area (Å²) >= 11 is 0. The average molecular weight is 244 g/mol. The summed E-state index contributed by atoms with van der Waals surface area (Å²) < 4.78 is 0. The fourth-order valence-corrected chi connectivity index (χ4v) is 1.51. The van der Waals surface area contributed by atoms with E-state index in [1.165, 1.54) is 25.7 Å². The van der Waals surface area contributed by atoms with Crippen molar-refractivity contribution in [3.8, 4) is 0 Å². The number of hydrogen-bond acceptors (Lipinski definition) is 0. The van der Waals surface area contributed by atoms with Crippen molar-refractivity contribution in [2.75, 3.05) is 0 Å². The van der Waals surface area contributed by atoms with Crippen LogP contribution in [0.5, 0.6) is 0 Å². The first-order valence-electron chi connectivity index (χ1n) is 5.56. The van der Waals surface area contributed by atoms with Crippen molar-refractivity contribution >= 4 is 0 Å². The van der Waals surface area contributed by atoms with Crippen LogP contribution in [0.15, 0.2) is 47.6 Å². The molecule has 0 N–H and O–H groups in total. The summed E-state index contributed by atoms with van der Waals surface area (Å²) in [5.74, 6) is 0. The minimum absolute atomic E-state index is 0. The maximum absolute atomic E-state index is 2.19. The van der Waals surface area contributed by atoms with Crippen molar-refractivity contribution < 1.29 is 17.1 Å². The minimum Gasteiger partial charge on any atom is -0.0805 e. The molecule has 0 bridgehead atoms. The van der Waals surface area contributed by atoms with Crippen LogP contribution in [0.4, 0.5) is 0 Å². The predicted molar refractivity (Wildman–Crippen MR) is 64.3 cm³/mol. The molecule has 0 aromatic carbocycles. The molecule has 0 heterocycles. The Morgan fingerprint density at radius 1 is 0.867 bits per heavy atom. The third-order valence-corrected chi connectivity index (χ3v) is 2.60. The molecule has 0 aromatic heterocycles. The van der Waals surface area contributed by atoms with Gasteiger partial charge in [-0.2, -0.15) is 0 Å². The second-order valence-corrected chi connectivity index (χ2v) is 3.62. The summed E-state index contributed by atoms with van der Waals surface area (Å²) in [6.07, 6.45) is 17.8. The molecule has 0 saturated carbocycles. The van der Waals surface area contributed by atoms with Crippen LogP contribution >= 0.6 is 0 Å². The first-order valence-corrected chi connectivity index (χ1v) is 5.56. The summed E-state index contributed by atoms with van der Waals surface area (Å²) in [5.41, 5.74) is 3.11. The molecule has 0 amide bonds. The van der Waals surface area contributed by atoms with Gasteiger partial charge in [0.2, 0.25) is 0 Å². The molecular weight excluding hydrogens is 224 g/mol. The van der Waals surface area contributed by atoms with Gasteiger partial charge >= 0.3 is 0 Å². The molecule has 2 aliphatic rings. The van der Waals surface area contributed by atoms with Crippen LogP contribution < -0.4 is 0 Å².